The maximum atomic E-state index is 13.6. The molecule has 158 valence electrons. The van der Waals surface area contributed by atoms with Crippen molar-refractivity contribution in [3.05, 3.63) is 60.2 Å². The summed E-state index contributed by atoms with van der Waals surface area (Å²) in [6.45, 7) is 6.81. The monoisotopic (exact) mass is 419 g/mol. The normalized spacial score (nSPS) is 13.0. The summed E-state index contributed by atoms with van der Waals surface area (Å²) in [5, 5.41) is 8.99. The van der Waals surface area contributed by atoms with Gasteiger partial charge in [0.05, 0.1) is 15.4 Å². The van der Waals surface area contributed by atoms with Crippen LogP contribution in [0.1, 0.15) is 25.8 Å². The van der Waals surface area contributed by atoms with Crippen molar-refractivity contribution in [1.82, 2.24) is 4.90 Å². The lowest BCUT2D eigenvalue weighted by atomic mass is 10.2. The largest absolute Gasteiger partial charge is 0.443 e. The summed E-state index contributed by atoms with van der Waals surface area (Å²) in [5.74, 6) is 0.246. The second-order valence-electron chi connectivity index (χ2n) is 6.49. The average molecular weight is 420 g/mol. The molecule has 0 radical (unpaired) electrons. The molecule has 1 unspecified atom stereocenters. The minimum absolute atomic E-state index is 0.0749. The lowest BCUT2D eigenvalue weighted by molar-refractivity contribution is 0.151. The van der Waals surface area contributed by atoms with Gasteiger partial charge >= 0.3 is 6.09 Å². The first kappa shape index (κ1) is 22.9. The van der Waals surface area contributed by atoms with Crippen LogP contribution in [0.5, 0.6) is 0 Å². The van der Waals surface area contributed by atoms with E-state index < -0.39 is 15.8 Å². The summed E-state index contributed by atoms with van der Waals surface area (Å²) in [6, 6.07) is 15.7. The van der Waals surface area contributed by atoms with Crippen molar-refractivity contribution in [2.24, 2.45) is 4.36 Å². The predicted octanol–water partition coefficient (Wildman–Crippen LogP) is 4.38. The molecule has 1 atom stereocenters. The molecule has 0 aliphatic rings. The Morgan fingerprint density at radius 1 is 1.10 bits per heavy atom. The van der Waals surface area contributed by atoms with Crippen molar-refractivity contribution in [2.75, 3.05) is 30.9 Å². The van der Waals surface area contributed by atoms with Crippen LogP contribution in [-0.2, 0) is 21.1 Å². The molecule has 0 heterocycles. The van der Waals surface area contributed by atoms with E-state index in [2.05, 4.69) is 23.1 Å². The van der Waals surface area contributed by atoms with Crippen LogP contribution in [0, 0.1) is 0 Å². The Morgan fingerprint density at radius 3 is 2.34 bits per heavy atom. The van der Waals surface area contributed by atoms with Gasteiger partial charge in [-0.3, -0.25) is 10.7 Å². The van der Waals surface area contributed by atoms with Crippen LogP contribution < -0.4 is 5.48 Å². The Hall–Kier alpha value is -2.42. The van der Waals surface area contributed by atoms with Crippen molar-refractivity contribution in [3.63, 3.8) is 0 Å². The van der Waals surface area contributed by atoms with Gasteiger partial charge in [0.1, 0.15) is 6.61 Å². The number of hydrogen-bond donors (Lipinski definition) is 2. The van der Waals surface area contributed by atoms with E-state index in [1.165, 1.54) is 0 Å². The maximum Gasteiger partial charge on any atom is 0.442 e. The van der Waals surface area contributed by atoms with Gasteiger partial charge in [-0.25, -0.2) is 9.00 Å². The van der Waals surface area contributed by atoms with E-state index in [4.69, 9.17) is 9.94 Å². The van der Waals surface area contributed by atoms with Crippen LogP contribution >= 0.6 is 0 Å². The van der Waals surface area contributed by atoms with Gasteiger partial charge in [-0.05, 0) is 55.9 Å². The molecular weight excluding hydrogens is 390 g/mol. The van der Waals surface area contributed by atoms with E-state index in [0.29, 0.717) is 17.0 Å². The third kappa shape index (κ3) is 7.16. The molecule has 0 saturated carbocycles. The van der Waals surface area contributed by atoms with Gasteiger partial charge in [-0.1, -0.05) is 44.2 Å². The van der Waals surface area contributed by atoms with E-state index in [-0.39, 0.29) is 12.4 Å². The summed E-state index contributed by atoms with van der Waals surface area (Å²) in [5.41, 5.74) is 3.34. The third-order valence-electron chi connectivity index (χ3n) is 4.57. The third-order valence-corrected chi connectivity index (χ3v) is 6.86. The van der Waals surface area contributed by atoms with E-state index in [9.17, 15) is 9.00 Å². The molecule has 0 aliphatic heterocycles. The zero-order chi connectivity index (χ0) is 21.1. The van der Waals surface area contributed by atoms with Crippen LogP contribution in [0.25, 0.3) is 0 Å². The van der Waals surface area contributed by atoms with Gasteiger partial charge in [0.2, 0.25) is 0 Å². The van der Waals surface area contributed by atoms with E-state index in [0.717, 1.165) is 25.2 Å². The van der Waals surface area contributed by atoms with E-state index in [1.807, 2.05) is 35.8 Å². The van der Waals surface area contributed by atoms with Crippen LogP contribution in [0.4, 0.5) is 10.5 Å². The van der Waals surface area contributed by atoms with Gasteiger partial charge in [-0.15, -0.1) is 4.36 Å². The van der Waals surface area contributed by atoms with Crippen molar-refractivity contribution in [1.29, 1.82) is 0 Å². The van der Waals surface area contributed by atoms with Gasteiger partial charge in [-0.2, -0.15) is 0 Å². The van der Waals surface area contributed by atoms with Crippen LogP contribution in [0.3, 0.4) is 0 Å². The number of nitrogens with zero attached hydrogens (tertiary/aromatic N) is 2. The number of rotatable bonds is 10. The van der Waals surface area contributed by atoms with Gasteiger partial charge < -0.3 is 9.64 Å². The molecule has 0 bridgehead atoms. The van der Waals surface area contributed by atoms with Gasteiger partial charge in [0.25, 0.3) is 0 Å². The molecule has 2 aromatic carbocycles. The first-order valence-corrected chi connectivity index (χ1v) is 11.4. The lowest BCUT2D eigenvalue weighted by Gasteiger charge is -2.18. The summed E-state index contributed by atoms with van der Waals surface area (Å²) >= 11 is 0. The number of ether oxygens (including phenoxy) is 1. The SMILES string of the molecule is CCN(CC)CCCS(=O)(=NC(=O)OCc1ccccc1)c1ccc(NO)cc1. The first-order valence-electron chi connectivity index (χ1n) is 9.68. The van der Waals surface area contributed by atoms with E-state index in [1.54, 1.807) is 24.3 Å². The van der Waals surface area contributed by atoms with Crippen LogP contribution in [0.15, 0.2) is 63.9 Å². The van der Waals surface area contributed by atoms with Gasteiger partial charge in [0, 0.05) is 10.6 Å². The zero-order valence-corrected chi connectivity index (χ0v) is 17.7. The molecule has 1 amide bonds. The summed E-state index contributed by atoms with van der Waals surface area (Å²) in [4.78, 5) is 15.0. The highest BCUT2D eigenvalue weighted by molar-refractivity contribution is 7.94. The highest BCUT2D eigenvalue weighted by Crippen LogP contribution is 2.19. The molecule has 2 aromatic rings. The standard InChI is InChI=1S/C21H29N3O4S/c1-3-24(4-2)15-8-16-29(27,20-13-11-19(22-26)12-14-20)23-21(25)28-17-18-9-6-5-7-10-18/h5-7,9-14,22,26H,3-4,8,15-17H2,1-2H3. The number of carbonyl (C=O) groups excluding carboxylic acids is 1. The summed E-state index contributed by atoms with van der Waals surface area (Å²) < 4.78 is 22.8. The molecule has 2 rings (SSSR count). The fraction of sp³-hybridized carbons (Fsp3) is 0.381. The Morgan fingerprint density at radius 2 is 1.76 bits per heavy atom. The second-order valence-corrected chi connectivity index (χ2v) is 8.84. The number of nitrogens with one attached hydrogen (secondary N) is 1. The number of anilines is 1. The Kier molecular flexibility index (Phi) is 9.11. The number of benzene rings is 2. The second kappa shape index (κ2) is 11.5. The van der Waals surface area contributed by atoms with Crippen LogP contribution in [0.2, 0.25) is 0 Å². The number of carbonyl (C=O) groups is 1. The van der Waals surface area contributed by atoms with Crippen LogP contribution in [-0.4, -0.2) is 45.8 Å². The Labute approximate surface area is 172 Å². The van der Waals surface area contributed by atoms with Crippen molar-refractivity contribution in [3.8, 4) is 0 Å². The predicted molar refractivity (Wildman–Crippen MR) is 115 cm³/mol. The highest BCUT2D eigenvalue weighted by atomic mass is 32.2. The van der Waals surface area contributed by atoms with Crippen molar-refractivity contribution < 1.29 is 18.9 Å². The minimum Gasteiger partial charge on any atom is -0.443 e. The van der Waals surface area contributed by atoms with Gasteiger partial charge in [0.15, 0.2) is 0 Å². The Balaban J connectivity index is 2.18. The lowest BCUT2D eigenvalue weighted by Crippen LogP contribution is -2.25. The quantitative estimate of drug-likeness (QED) is 0.555. The average Bonchev–Trinajstić information content (AvgIpc) is 2.76. The first-order chi connectivity index (χ1) is 14.0. The smallest absolute Gasteiger partial charge is 0.442 e. The maximum absolute atomic E-state index is 13.6. The molecular formula is C21H29N3O4S. The minimum atomic E-state index is -2.99. The molecule has 0 aliphatic carbocycles. The molecule has 0 spiro atoms. The molecule has 0 aromatic heterocycles. The molecule has 8 heteroatoms. The molecule has 0 saturated heterocycles. The van der Waals surface area contributed by atoms with Crippen molar-refractivity contribution >= 4 is 21.5 Å². The number of hydrogen-bond acceptors (Lipinski definition) is 6. The van der Waals surface area contributed by atoms with E-state index >= 15 is 0 Å². The molecule has 0 fully saturated rings. The Bertz CT molecular complexity index is 875. The van der Waals surface area contributed by atoms with Crippen molar-refractivity contribution in [2.45, 2.75) is 31.8 Å². The fourth-order valence-electron chi connectivity index (χ4n) is 2.85. The fourth-order valence-corrected chi connectivity index (χ4v) is 4.66. The summed E-state index contributed by atoms with van der Waals surface area (Å²) in [6.07, 6.45) is -0.207. The highest BCUT2D eigenvalue weighted by Gasteiger charge is 2.17. The molecule has 7 nitrogen and oxygen atoms in total. The molecule has 29 heavy (non-hydrogen) atoms. The number of amides is 1. The topological polar surface area (TPSA) is 91.2 Å². The summed E-state index contributed by atoms with van der Waals surface area (Å²) in [7, 11) is -2.99. The zero-order valence-electron chi connectivity index (χ0n) is 16.9. The molecule has 2 N–H and O–H groups in total.